The molecule has 0 aliphatic carbocycles. The van der Waals surface area contributed by atoms with Crippen LogP contribution in [0, 0.1) is 0 Å². The van der Waals surface area contributed by atoms with Crippen molar-refractivity contribution >= 4 is 5.97 Å². The second kappa shape index (κ2) is 9.75. The molecule has 0 aliphatic heterocycles. The van der Waals surface area contributed by atoms with Crippen molar-refractivity contribution in [2.75, 3.05) is 26.9 Å². The van der Waals surface area contributed by atoms with Gasteiger partial charge in [0.1, 0.15) is 5.75 Å². The molecule has 0 amide bonds. The van der Waals surface area contributed by atoms with Gasteiger partial charge in [0.25, 0.3) is 0 Å². The molecular formula is C22H24N2O5. The number of rotatable bonds is 9. The molecule has 0 radical (unpaired) electrons. The number of H-pyrrole nitrogens is 1. The third-order valence-electron chi connectivity index (χ3n) is 4.26. The van der Waals surface area contributed by atoms with Crippen LogP contribution in [0.2, 0.25) is 0 Å². The molecule has 1 N–H and O–H groups in total. The van der Waals surface area contributed by atoms with E-state index in [9.17, 15) is 9.59 Å². The lowest BCUT2D eigenvalue weighted by molar-refractivity contribution is 0.0517. The fourth-order valence-corrected chi connectivity index (χ4v) is 2.99. The van der Waals surface area contributed by atoms with E-state index in [2.05, 4.69) is 4.98 Å². The van der Waals surface area contributed by atoms with E-state index < -0.39 is 11.7 Å². The van der Waals surface area contributed by atoms with Gasteiger partial charge in [0, 0.05) is 31.8 Å². The zero-order valence-electron chi connectivity index (χ0n) is 16.5. The molecule has 3 rings (SSSR count). The summed E-state index contributed by atoms with van der Waals surface area (Å²) >= 11 is 0. The normalized spacial score (nSPS) is 10.7. The maximum Gasteiger partial charge on any atom is 0.357 e. The minimum atomic E-state index is -0.573. The van der Waals surface area contributed by atoms with E-state index in [0.29, 0.717) is 30.3 Å². The van der Waals surface area contributed by atoms with Crippen molar-refractivity contribution in [3.63, 3.8) is 0 Å². The number of esters is 1. The summed E-state index contributed by atoms with van der Waals surface area (Å²) in [5, 5.41) is 0. The minimum Gasteiger partial charge on any atom is -0.493 e. The molecule has 0 unspecified atom stereocenters. The number of benzene rings is 2. The van der Waals surface area contributed by atoms with Gasteiger partial charge in [0.2, 0.25) is 0 Å². The van der Waals surface area contributed by atoms with E-state index in [0.717, 1.165) is 12.0 Å². The highest BCUT2D eigenvalue weighted by atomic mass is 16.5. The lowest BCUT2D eigenvalue weighted by atomic mass is 10.1. The molecule has 0 aliphatic rings. The lowest BCUT2D eigenvalue weighted by Crippen LogP contribution is -2.20. The van der Waals surface area contributed by atoms with Gasteiger partial charge in [-0.2, -0.15) is 0 Å². The van der Waals surface area contributed by atoms with Gasteiger partial charge in [-0.25, -0.2) is 9.59 Å². The van der Waals surface area contributed by atoms with Crippen molar-refractivity contribution in [1.29, 1.82) is 0 Å². The Morgan fingerprint density at radius 2 is 1.86 bits per heavy atom. The molecule has 7 heteroatoms. The van der Waals surface area contributed by atoms with Gasteiger partial charge in [-0.3, -0.25) is 4.57 Å². The number of hydrogen-bond donors (Lipinski definition) is 1. The number of aromatic nitrogens is 2. The Bertz CT molecular complexity index is 1010. The van der Waals surface area contributed by atoms with Crippen LogP contribution in [0.1, 0.15) is 23.8 Å². The predicted octanol–water partition coefficient (Wildman–Crippen LogP) is 3.42. The summed E-state index contributed by atoms with van der Waals surface area (Å²) in [6.45, 7) is 3.02. The summed E-state index contributed by atoms with van der Waals surface area (Å²) in [5.41, 5.74) is 1.38. The lowest BCUT2D eigenvalue weighted by Gasteiger charge is -2.11. The van der Waals surface area contributed by atoms with Crippen molar-refractivity contribution in [2.45, 2.75) is 13.3 Å². The maximum absolute atomic E-state index is 12.8. The summed E-state index contributed by atoms with van der Waals surface area (Å²) in [6.07, 6.45) is 0.747. The van der Waals surface area contributed by atoms with Crippen molar-refractivity contribution in [1.82, 2.24) is 9.55 Å². The Balaban J connectivity index is 2.04. The van der Waals surface area contributed by atoms with Crippen molar-refractivity contribution in [3.8, 4) is 22.7 Å². The van der Waals surface area contributed by atoms with Crippen LogP contribution in [0.4, 0.5) is 0 Å². The molecule has 3 aromatic rings. The highest BCUT2D eigenvalue weighted by Crippen LogP contribution is 2.25. The molecule has 0 saturated carbocycles. The highest BCUT2D eigenvalue weighted by Gasteiger charge is 2.24. The predicted molar refractivity (Wildman–Crippen MR) is 110 cm³/mol. The topological polar surface area (TPSA) is 82.6 Å². The average Bonchev–Trinajstić information content (AvgIpc) is 3.09. The van der Waals surface area contributed by atoms with Crippen LogP contribution in [0.25, 0.3) is 16.9 Å². The molecule has 152 valence electrons. The van der Waals surface area contributed by atoms with Gasteiger partial charge in [-0.05, 0) is 19.1 Å². The Hall–Kier alpha value is -3.32. The van der Waals surface area contributed by atoms with E-state index in [4.69, 9.17) is 14.2 Å². The third kappa shape index (κ3) is 4.75. The number of ether oxygens (including phenoxy) is 3. The number of imidazole rings is 1. The summed E-state index contributed by atoms with van der Waals surface area (Å²) in [6, 6.07) is 16.2. The van der Waals surface area contributed by atoms with Crippen LogP contribution in [0.3, 0.4) is 0 Å². The Labute approximate surface area is 168 Å². The van der Waals surface area contributed by atoms with Crippen LogP contribution in [0.5, 0.6) is 5.75 Å². The monoisotopic (exact) mass is 396 g/mol. The van der Waals surface area contributed by atoms with Crippen molar-refractivity contribution < 1.29 is 19.0 Å². The summed E-state index contributed by atoms with van der Waals surface area (Å²) in [4.78, 5) is 28.3. The third-order valence-corrected chi connectivity index (χ3v) is 4.26. The average molecular weight is 396 g/mol. The van der Waals surface area contributed by atoms with E-state index in [-0.39, 0.29) is 12.3 Å². The molecule has 1 aromatic heterocycles. The number of methoxy groups -OCH3 is 1. The van der Waals surface area contributed by atoms with Crippen molar-refractivity contribution in [3.05, 3.63) is 70.8 Å². The summed E-state index contributed by atoms with van der Waals surface area (Å²) < 4.78 is 17.3. The number of hydrogen-bond acceptors (Lipinski definition) is 5. The first-order valence-corrected chi connectivity index (χ1v) is 9.45. The van der Waals surface area contributed by atoms with Gasteiger partial charge >= 0.3 is 11.7 Å². The smallest absolute Gasteiger partial charge is 0.357 e. The first kappa shape index (κ1) is 20.4. The zero-order valence-corrected chi connectivity index (χ0v) is 16.5. The SMILES string of the molecule is CCOC(=O)c1c(-c2ccccc2)[nH]c(=O)n1-c1cccc(OCCCOC)c1. The van der Waals surface area contributed by atoms with E-state index >= 15 is 0 Å². The van der Waals surface area contributed by atoms with Crippen LogP contribution < -0.4 is 10.4 Å². The molecule has 29 heavy (non-hydrogen) atoms. The first-order chi connectivity index (χ1) is 14.2. The Morgan fingerprint density at radius 3 is 2.59 bits per heavy atom. The molecule has 1 heterocycles. The molecule has 0 spiro atoms. The number of aromatic amines is 1. The first-order valence-electron chi connectivity index (χ1n) is 9.45. The largest absolute Gasteiger partial charge is 0.493 e. The Morgan fingerprint density at radius 1 is 1.07 bits per heavy atom. The molecule has 0 fully saturated rings. The zero-order chi connectivity index (χ0) is 20.6. The maximum atomic E-state index is 12.8. The van der Waals surface area contributed by atoms with Gasteiger partial charge in [0.15, 0.2) is 5.69 Å². The Kier molecular flexibility index (Phi) is 6.86. The van der Waals surface area contributed by atoms with Crippen molar-refractivity contribution in [2.24, 2.45) is 0 Å². The van der Waals surface area contributed by atoms with Gasteiger partial charge in [0.05, 0.1) is 24.6 Å². The summed E-state index contributed by atoms with van der Waals surface area (Å²) in [5.74, 6) is 0.0268. The number of carbonyl (C=O) groups is 1. The van der Waals surface area contributed by atoms with E-state index in [1.165, 1.54) is 4.57 Å². The second-order valence-corrected chi connectivity index (χ2v) is 6.27. The van der Waals surface area contributed by atoms with Crippen LogP contribution >= 0.6 is 0 Å². The highest BCUT2D eigenvalue weighted by molar-refractivity contribution is 5.95. The molecular weight excluding hydrogens is 372 g/mol. The van der Waals surface area contributed by atoms with E-state index in [1.54, 1.807) is 38.3 Å². The summed E-state index contributed by atoms with van der Waals surface area (Å²) in [7, 11) is 1.64. The fraction of sp³-hybridized carbons (Fsp3) is 0.273. The van der Waals surface area contributed by atoms with Crippen LogP contribution in [-0.4, -0.2) is 42.5 Å². The van der Waals surface area contributed by atoms with E-state index in [1.807, 2.05) is 30.3 Å². The van der Waals surface area contributed by atoms with Crippen LogP contribution in [0.15, 0.2) is 59.4 Å². The number of nitrogens with one attached hydrogen (secondary N) is 1. The van der Waals surface area contributed by atoms with Gasteiger partial charge in [-0.1, -0.05) is 36.4 Å². The molecule has 0 bridgehead atoms. The number of carbonyl (C=O) groups excluding carboxylic acids is 1. The van der Waals surface area contributed by atoms with Crippen LogP contribution in [-0.2, 0) is 9.47 Å². The molecule has 7 nitrogen and oxygen atoms in total. The second-order valence-electron chi connectivity index (χ2n) is 6.27. The minimum absolute atomic E-state index is 0.152. The standard InChI is InChI=1S/C22H24N2O5/c1-3-28-21(25)20-19(16-9-5-4-6-10-16)23-22(26)24(20)17-11-7-12-18(15-17)29-14-8-13-27-2/h4-7,9-12,15H,3,8,13-14H2,1-2H3,(H,23,26). The van der Waals surface area contributed by atoms with Gasteiger partial charge in [-0.15, -0.1) is 0 Å². The molecule has 2 aromatic carbocycles. The fourth-order valence-electron chi connectivity index (χ4n) is 2.99. The molecule has 0 atom stereocenters. The number of nitrogens with zero attached hydrogens (tertiary/aromatic N) is 1. The molecule has 0 saturated heterocycles. The van der Waals surface area contributed by atoms with Gasteiger partial charge < -0.3 is 19.2 Å². The quantitative estimate of drug-likeness (QED) is 0.443.